The Labute approximate surface area is 69.0 Å². The largest absolute Gasteiger partial charge is 0.0882 e. The standard InChI is InChI=1S/C11H16/c1-9-5-4-8-11(9)10-6-2-3-7-10/h2,5-6,10-11H,3-4,7-8H2,1H3/t10-,11+/m0/s1. The molecule has 60 valence electrons. The summed E-state index contributed by atoms with van der Waals surface area (Å²) in [7, 11) is 0. The van der Waals surface area contributed by atoms with Crippen molar-refractivity contribution in [1.29, 1.82) is 0 Å². The van der Waals surface area contributed by atoms with Gasteiger partial charge in [0.2, 0.25) is 0 Å². The maximum absolute atomic E-state index is 2.42. The van der Waals surface area contributed by atoms with Crippen LogP contribution >= 0.6 is 0 Å². The van der Waals surface area contributed by atoms with Crippen molar-refractivity contribution in [2.24, 2.45) is 11.8 Å². The third-order valence-electron chi connectivity index (χ3n) is 3.10. The Bertz CT molecular complexity index is 198. The highest BCUT2D eigenvalue weighted by Crippen LogP contribution is 2.37. The molecule has 0 heteroatoms. The van der Waals surface area contributed by atoms with E-state index in [1.807, 2.05) is 0 Å². The van der Waals surface area contributed by atoms with E-state index in [1.54, 1.807) is 5.57 Å². The summed E-state index contributed by atoms with van der Waals surface area (Å²) in [6, 6.07) is 0. The molecule has 0 amide bonds. The predicted octanol–water partition coefficient (Wildman–Crippen LogP) is 3.31. The highest BCUT2D eigenvalue weighted by Gasteiger charge is 2.24. The zero-order valence-electron chi connectivity index (χ0n) is 7.22. The van der Waals surface area contributed by atoms with Crippen LogP contribution in [0.4, 0.5) is 0 Å². The van der Waals surface area contributed by atoms with Crippen LogP contribution in [-0.4, -0.2) is 0 Å². The maximum atomic E-state index is 2.42. The summed E-state index contributed by atoms with van der Waals surface area (Å²) < 4.78 is 0. The van der Waals surface area contributed by atoms with Crippen LogP contribution in [0.25, 0.3) is 0 Å². The molecule has 2 rings (SSSR count). The summed E-state index contributed by atoms with van der Waals surface area (Å²) in [5.41, 5.74) is 1.64. The molecule has 0 spiro atoms. The molecule has 0 saturated carbocycles. The van der Waals surface area contributed by atoms with Crippen molar-refractivity contribution in [3.05, 3.63) is 23.8 Å². The van der Waals surface area contributed by atoms with Gasteiger partial charge in [0.1, 0.15) is 0 Å². The maximum Gasteiger partial charge on any atom is -0.0140 e. The lowest BCUT2D eigenvalue weighted by molar-refractivity contribution is 0.442. The van der Waals surface area contributed by atoms with Gasteiger partial charge in [-0.15, -0.1) is 0 Å². The second kappa shape index (κ2) is 2.84. The van der Waals surface area contributed by atoms with Crippen LogP contribution < -0.4 is 0 Å². The van der Waals surface area contributed by atoms with Crippen LogP contribution in [-0.2, 0) is 0 Å². The SMILES string of the molecule is CC1=CCC[C@H]1[C@H]1C=CCC1. The fourth-order valence-corrected chi connectivity index (χ4v) is 2.41. The lowest BCUT2D eigenvalue weighted by atomic mass is 9.87. The van der Waals surface area contributed by atoms with E-state index in [1.165, 1.54) is 25.7 Å². The minimum Gasteiger partial charge on any atom is -0.0882 e. The first-order chi connectivity index (χ1) is 5.38. The van der Waals surface area contributed by atoms with E-state index in [9.17, 15) is 0 Å². The molecule has 0 saturated heterocycles. The molecule has 0 bridgehead atoms. The summed E-state index contributed by atoms with van der Waals surface area (Å²) in [6.07, 6.45) is 12.6. The molecule has 0 unspecified atom stereocenters. The Balaban J connectivity index is 2.04. The lowest BCUT2D eigenvalue weighted by Gasteiger charge is -2.17. The molecule has 2 atom stereocenters. The zero-order chi connectivity index (χ0) is 7.68. The van der Waals surface area contributed by atoms with Crippen LogP contribution in [0.2, 0.25) is 0 Å². The fourth-order valence-electron chi connectivity index (χ4n) is 2.41. The van der Waals surface area contributed by atoms with Gasteiger partial charge in [0.15, 0.2) is 0 Å². The Morgan fingerprint density at radius 2 is 2.18 bits per heavy atom. The molecule has 2 aliphatic carbocycles. The first kappa shape index (κ1) is 7.15. The minimum atomic E-state index is 0.883. The molecule has 2 aliphatic rings. The van der Waals surface area contributed by atoms with E-state index in [4.69, 9.17) is 0 Å². The molecule has 0 aromatic rings. The van der Waals surface area contributed by atoms with Crippen LogP contribution in [0.1, 0.15) is 32.6 Å². The topological polar surface area (TPSA) is 0 Å². The van der Waals surface area contributed by atoms with E-state index in [0.717, 1.165) is 11.8 Å². The van der Waals surface area contributed by atoms with Gasteiger partial charge in [0, 0.05) is 0 Å². The Morgan fingerprint density at radius 3 is 2.73 bits per heavy atom. The first-order valence-electron chi connectivity index (χ1n) is 4.71. The molecule has 0 aromatic carbocycles. The van der Waals surface area contributed by atoms with Gasteiger partial charge < -0.3 is 0 Å². The third kappa shape index (κ3) is 1.26. The minimum absolute atomic E-state index is 0.883. The average molecular weight is 148 g/mol. The molecule has 0 heterocycles. The smallest absolute Gasteiger partial charge is 0.0140 e. The molecule has 11 heavy (non-hydrogen) atoms. The average Bonchev–Trinajstić information content (AvgIpc) is 2.55. The molecule has 0 N–H and O–H groups in total. The second-order valence-corrected chi connectivity index (χ2v) is 3.80. The zero-order valence-corrected chi connectivity index (χ0v) is 7.22. The van der Waals surface area contributed by atoms with Crippen molar-refractivity contribution in [3.63, 3.8) is 0 Å². The van der Waals surface area contributed by atoms with Crippen molar-refractivity contribution >= 4 is 0 Å². The summed E-state index contributed by atoms with van der Waals surface area (Å²) in [4.78, 5) is 0. The van der Waals surface area contributed by atoms with E-state index in [0.29, 0.717) is 0 Å². The van der Waals surface area contributed by atoms with E-state index in [2.05, 4.69) is 25.2 Å². The number of hydrogen-bond acceptors (Lipinski definition) is 0. The van der Waals surface area contributed by atoms with Crippen molar-refractivity contribution in [2.45, 2.75) is 32.6 Å². The van der Waals surface area contributed by atoms with Gasteiger partial charge in [0.25, 0.3) is 0 Å². The second-order valence-electron chi connectivity index (χ2n) is 3.80. The highest BCUT2D eigenvalue weighted by atomic mass is 14.3. The summed E-state index contributed by atoms with van der Waals surface area (Å²) in [6.45, 7) is 2.30. The molecule has 0 nitrogen and oxygen atoms in total. The normalized spacial score (nSPS) is 36.3. The number of allylic oxidation sites excluding steroid dienone is 4. The Morgan fingerprint density at radius 1 is 1.27 bits per heavy atom. The van der Waals surface area contributed by atoms with E-state index < -0.39 is 0 Å². The van der Waals surface area contributed by atoms with Crippen molar-refractivity contribution in [1.82, 2.24) is 0 Å². The summed E-state index contributed by atoms with van der Waals surface area (Å²) >= 11 is 0. The van der Waals surface area contributed by atoms with Gasteiger partial charge in [-0.25, -0.2) is 0 Å². The molecule has 0 fully saturated rings. The number of hydrogen-bond donors (Lipinski definition) is 0. The molecular weight excluding hydrogens is 132 g/mol. The van der Waals surface area contributed by atoms with Gasteiger partial charge in [-0.1, -0.05) is 23.8 Å². The molecule has 0 radical (unpaired) electrons. The number of rotatable bonds is 1. The Kier molecular flexibility index (Phi) is 1.85. The predicted molar refractivity (Wildman–Crippen MR) is 48.3 cm³/mol. The van der Waals surface area contributed by atoms with Crippen LogP contribution in [0.15, 0.2) is 23.8 Å². The lowest BCUT2D eigenvalue weighted by Crippen LogP contribution is -2.08. The van der Waals surface area contributed by atoms with Crippen LogP contribution in [0.5, 0.6) is 0 Å². The van der Waals surface area contributed by atoms with Crippen molar-refractivity contribution in [2.75, 3.05) is 0 Å². The summed E-state index contributed by atoms with van der Waals surface area (Å²) in [5, 5.41) is 0. The molecular formula is C11H16. The first-order valence-corrected chi connectivity index (χ1v) is 4.71. The van der Waals surface area contributed by atoms with E-state index >= 15 is 0 Å². The fraction of sp³-hybridized carbons (Fsp3) is 0.636. The molecule has 0 aliphatic heterocycles. The third-order valence-corrected chi connectivity index (χ3v) is 3.10. The quantitative estimate of drug-likeness (QED) is 0.500. The van der Waals surface area contributed by atoms with Crippen molar-refractivity contribution in [3.8, 4) is 0 Å². The summed E-state index contributed by atoms with van der Waals surface area (Å²) in [5.74, 6) is 1.78. The monoisotopic (exact) mass is 148 g/mol. The Hall–Kier alpha value is -0.520. The van der Waals surface area contributed by atoms with Gasteiger partial charge in [-0.05, 0) is 44.4 Å². The van der Waals surface area contributed by atoms with Crippen molar-refractivity contribution < 1.29 is 0 Å². The van der Waals surface area contributed by atoms with Gasteiger partial charge in [-0.2, -0.15) is 0 Å². The van der Waals surface area contributed by atoms with Gasteiger partial charge >= 0.3 is 0 Å². The van der Waals surface area contributed by atoms with Gasteiger partial charge in [-0.3, -0.25) is 0 Å². The van der Waals surface area contributed by atoms with Crippen LogP contribution in [0.3, 0.4) is 0 Å². The van der Waals surface area contributed by atoms with Gasteiger partial charge in [0.05, 0.1) is 0 Å². The highest BCUT2D eigenvalue weighted by molar-refractivity contribution is 5.15. The van der Waals surface area contributed by atoms with E-state index in [-0.39, 0.29) is 0 Å². The van der Waals surface area contributed by atoms with Crippen LogP contribution in [0, 0.1) is 11.8 Å². The molecule has 0 aromatic heterocycles.